The lowest BCUT2D eigenvalue weighted by atomic mass is 9.97. The quantitative estimate of drug-likeness (QED) is 0.217. The van der Waals surface area contributed by atoms with Crippen LogP contribution in [0.1, 0.15) is 43.0 Å². The minimum Gasteiger partial charge on any atom is -0.289 e. The van der Waals surface area contributed by atoms with Crippen LogP contribution in [0.2, 0.25) is 0 Å². The van der Waals surface area contributed by atoms with E-state index in [4.69, 9.17) is 15.0 Å². The number of carbonyl (C=O) groups is 2. The van der Waals surface area contributed by atoms with E-state index in [1.165, 1.54) is 12.2 Å². The Morgan fingerprint density at radius 1 is 0.611 bits per heavy atom. The number of nitrogens with zero attached hydrogens (tertiary/aromatic N) is 3. The van der Waals surface area contributed by atoms with Crippen molar-refractivity contribution in [2.75, 3.05) is 0 Å². The number of aromatic nitrogens is 3. The lowest BCUT2D eigenvalue weighted by molar-refractivity contribution is 0.104. The molecule has 0 aliphatic carbocycles. The van der Waals surface area contributed by atoms with E-state index in [0.29, 0.717) is 34.2 Å². The first-order valence-corrected chi connectivity index (χ1v) is 11.6. The average Bonchev–Trinajstić information content (AvgIpc) is 2.87. The van der Waals surface area contributed by atoms with Gasteiger partial charge in [-0.3, -0.25) is 9.59 Å². The van der Waals surface area contributed by atoms with E-state index >= 15 is 0 Å². The van der Waals surface area contributed by atoms with E-state index < -0.39 is 0 Å². The summed E-state index contributed by atoms with van der Waals surface area (Å²) in [5.41, 5.74) is 7.26. The molecule has 5 heteroatoms. The maximum absolute atomic E-state index is 12.8. The SMILES string of the molecule is C=CC(=O)c1ccc(-c2nc(-c3ccc(C)cc3C)nc(-c3ccc(C)cc3C)n2)c(C(=O)C=C)c1. The van der Waals surface area contributed by atoms with Crippen LogP contribution in [0.5, 0.6) is 0 Å². The highest BCUT2D eigenvalue weighted by molar-refractivity contribution is 6.11. The Labute approximate surface area is 211 Å². The Bertz CT molecular complexity index is 1480. The Morgan fingerprint density at radius 3 is 1.50 bits per heavy atom. The Hall–Kier alpha value is -4.51. The highest BCUT2D eigenvalue weighted by atomic mass is 16.1. The lowest BCUT2D eigenvalue weighted by Gasteiger charge is -2.13. The van der Waals surface area contributed by atoms with Crippen molar-refractivity contribution in [1.82, 2.24) is 15.0 Å². The molecule has 1 aromatic heterocycles. The van der Waals surface area contributed by atoms with Crippen molar-refractivity contribution < 1.29 is 9.59 Å². The van der Waals surface area contributed by atoms with Crippen LogP contribution in [-0.4, -0.2) is 26.5 Å². The molecule has 0 fully saturated rings. The van der Waals surface area contributed by atoms with Crippen LogP contribution in [0.3, 0.4) is 0 Å². The van der Waals surface area contributed by atoms with Gasteiger partial charge in [-0.1, -0.05) is 66.7 Å². The minimum absolute atomic E-state index is 0.276. The third-order valence-electron chi connectivity index (χ3n) is 6.06. The van der Waals surface area contributed by atoms with E-state index in [-0.39, 0.29) is 11.6 Å². The van der Waals surface area contributed by atoms with Crippen LogP contribution in [0.15, 0.2) is 79.9 Å². The second-order valence-electron chi connectivity index (χ2n) is 8.84. The number of benzene rings is 3. The third kappa shape index (κ3) is 4.82. The summed E-state index contributed by atoms with van der Waals surface area (Å²) in [5, 5.41) is 0. The number of allylic oxidation sites excluding steroid dienone is 2. The van der Waals surface area contributed by atoms with Crippen molar-refractivity contribution in [3.05, 3.63) is 113 Å². The average molecular weight is 474 g/mol. The molecule has 0 amide bonds. The summed E-state index contributed by atoms with van der Waals surface area (Å²) in [4.78, 5) is 39.5. The van der Waals surface area contributed by atoms with E-state index in [0.717, 1.165) is 33.4 Å². The molecule has 0 N–H and O–H groups in total. The fraction of sp³-hybridized carbons (Fsp3) is 0.129. The van der Waals surface area contributed by atoms with Gasteiger partial charge in [0.25, 0.3) is 0 Å². The van der Waals surface area contributed by atoms with Gasteiger partial charge >= 0.3 is 0 Å². The van der Waals surface area contributed by atoms with Crippen molar-refractivity contribution in [3.63, 3.8) is 0 Å². The van der Waals surface area contributed by atoms with Crippen LogP contribution in [0.25, 0.3) is 34.2 Å². The number of aryl methyl sites for hydroxylation is 4. The van der Waals surface area contributed by atoms with Gasteiger partial charge in [0, 0.05) is 27.8 Å². The Kier molecular flexibility index (Phi) is 6.84. The van der Waals surface area contributed by atoms with Crippen molar-refractivity contribution >= 4 is 11.6 Å². The molecule has 0 atom stereocenters. The first kappa shape index (κ1) is 24.6. The zero-order valence-electron chi connectivity index (χ0n) is 20.9. The van der Waals surface area contributed by atoms with E-state index in [1.807, 2.05) is 52.0 Å². The van der Waals surface area contributed by atoms with Gasteiger partial charge in [-0.05, 0) is 63.1 Å². The summed E-state index contributed by atoms with van der Waals surface area (Å²) in [6, 6.07) is 17.1. The van der Waals surface area contributed by atoms with E-state index in [9.17, 15) is 9.59 Å². The fourth-order valence-corrected chi connectivity index (χ4v) is 4.19. The monoisotopic (exact) mass is 473 g/mol. The summed E-state index contributed by atoms with van der Waals surface area (Å²) in [6.07, 6.45) is 2.44. The van der Waals surface area contributed by atoms with Crippen molar-refractivity contribution in [2.24, 2.45) is 0 Å². The molecule has 0 aliphatic rings. The molecule has 0 saturated heterocycles. The molecule has 0 unspecified atom stereocenters. The van der Waals surface area contributed by atoms with Crippen LogP contribution in [0.4, 0.5) is 0 Å². The molecule has 4 aromatic rings. The Morgan fingerprint density at radius 2 is 1.06 bits per heavy atom. The second kappa shape index (κ2) is 10.0. The lowest BCUT2D eigenvalue weighted by Crippen LogP contribution is -2.07. The van der Waals surface area contributed by atoms with Gasteiger partial charge in [0.2, 0.25) is 0 Å². The third-order valence-corrected chi connectivity index (χ3v) is 6.06. The standard InChI is InChI=1S/C31H27N3O2/c1-7-27(35)22-11-14-25(26(17-22)28(36)8-2)31-33-29(23-12-9-18(3)15-20(23)5)32-30(34-31)24-13-10-19(4)16-21(24)6/h7-17H,1-2H2,3-6H3. The van der Waals surface area contributed by atoms with Gasteiger partial charge in [-0.2, -0.15) is 0 Å². The van der Waals surface area contributed by atoms with Gasteiger partial charge in [-0.15, -0.1) is 0 Å². The number of carbonyl (C=O) groups excluding carboxylic acids is 2. The maximum Gasteiger partial charge on any atom is 0.186 e. The van der Waals surface area contributed by atoms with Crippen molar-refractivity contribution in [2.45, 2.75) is 27.7 Å². The number of rotatable bonds is 7. The topological polar surface area (TPSA) is 72.8 Å². The highest BCUT2D eigenvalue weighted by Gasteiger charge is 2.20. The number of hydrogen-bond acceptors (Lipinski definition) is 5. The van der Waals surface area contributed by atoms with Gasteiger partial charge < -0.3 is 0 Å². The molecule has 0 radical (unpaired) electrons. The summed E-state index contributed by atoms with van der Waals surface area (Å²) in [5.74, 6) is 0.761. The minimum atomic E-state index is -0.328. The van der Waals surface area contributed by atoms with Gasteiger partial charge in [0.1, 0.15) is 0 Å². The predicted molar refractivity (Wildman–Crippen MR) is 144 cm³/mol. The fourth-order valence-electron chi connectivity index (χ4n) is 4.19. The predicted octanol–water partition coefficient (Wildman–Crippen LogP) is 6.84. The summed E-state index contributed by atoms with van der Waals surface area (Å²) in [7, 11) is 0. The number of hydrogen-bond donors (Lipinski definition) is 0. The molecular weight excluding hydrogens is 446 g/mol. The molecule has 178 valence electrons. The van der Waals surface area contributed by atoms with Crippen LogP contribution < -0.4 is 0 Å². The first-order valence-electron chi connectivity index (χ1n) is 11.6. The molecule has 4 rings (SSSR count). The second-order valence-corrected chi connectivity index (χ2v) is 8.84. The van der Waals surface area contributed by atoms with Crippen molar-refractivity contribution in [1.29, 1.82) is 0 Å². The number of ketones is 2. The van der Waals surface area contributed by atoms with Crippen LogP contribution in [0, 0.1) is 27.7 Å². The highest BCUT2D eigenvalue weighted by Crippen LogP contribution is 2.30. The van der Waals surface area contributed by atoms with Gasteiger partial charge in [0.05, 0.1) is 0 Å². The van der Waals surface area contributed by atoms with Crippen LogP contribution in [-0.2, 0) is 0 Å². The summed E-state index contributed by atoms with van der Waals surface area (Å²) < 4.78 is 0. The smallest absolute Gasteiger partial charge is 0.186 e. The normalized spacial score (nSPS) is 10.7. The molecule has 0 bridgehead atoms. The van der Waals surface area contributed by atoms with Gasteiger partial charge in [-0.25, -0.2) is 15.0 Å². The van der Waals surface area contributed by atoms with Crippen molar-refractivity contribution in [3.8, 4) is 34.2 Å². The molecule has 36 heavy (non-hydrogen) atoms. The maximum atomic E-state index is 12.8. The molecule has 0 spiro atoms. The van der Waals surface area contributed by atoms with Gasteiger partial charge in [0.15, 0.2) is 29.0 Å². The zero-order chi connectivity index (χ0) is 26.0. The molecule has 0 saturated carbocycles. The largest absolute Gasteiger partial charge is 0.289 e. The molecule has 3 aromatic carbocycles. The van der Waals surface area contributed by atoms with E-state index in [1.54, 1.807) is 18.2 Å². The molecule has 5 nitrogen and oxygen atoms in total. The first-order chi connectivity index (χ1) is 17.2. The van der Waals surface area contributed by atoms with Crippen LogP contribution >= 0.6 is 0 Å². The van der Waals surface area contributed by atoms with E-state index in [2.05, 4.69) is 25.3 Å². The summed E-state index contributed by atoms with van der Waals surface area (Å²) >= 11 is 0. The molecular formula is C31H27N3O2. The molecule has 0 aliphatic heterocycles. The summed E-state index contributed by atoms with van der Waals surface area (Å²) in [6.45, 7) is 15.3. The Balaban J connectivity index is 2.02. The molecule has 1 heterocycles. The zero-order valence-corrected chi connectivity index (χ0v) is 20.9.